The van der Waals surface area contributed by atoms with Crippen molar-refractivity contribution in [2.75, 3.05) is 7.05 Å². The summed E-state index contributed by atoms with van der Waals surface area (Å²) < 4.78 is 11.9. The van der Waals surface area contributed by atoms with Crippen molar-refractivity contribution < 1.29 is 9.47 Å². The Bertz CT molecular complexity index is 197. The highest BCUT2D eigenvalue weighted by Crippen LogP contribution is 2.42. The molecule has 0 aromatic rings. The molecule has 1 aliphatic carbocycles. The van der Waals surface area contributed by atoms with Crippen LogP contribution in [0.25, 0.3) is 0 Å². The Balaban J connectivity index is 2.12. The molecular weight excluding hydrogens is 178 g/mol. The van der Waals surface area contributed by atoms with E-state index in [1.54, 1.807) is 0 Å². The van der Waals surface area contributed by atoms with Gasteiger partial charge in [0.15, 0.2) is 5.79 Å². The molecule has 4 unspecified atom stereocenters. The van der Waals surface area contributed by atoms with Crippen LogP contribution in [0, 0.1) is 5.92 Å². The Morgan fingerprint density at radius 3 is 2.50 bits per heavy atom. The topological polar surface area (TPSA) is 30.5 Å². The average molecular weight is 199 g/mol. The zero-order valence-electron chi connectivity index (χ0n) is 9.54. The van der Waals surface area contributed by atoms with Crippen LogP contribution in [-0.2, 0) is 9.47 Å². The summed E-state index contributed by atoms with van der Waals surface area (Å²) in [6.45, 7) is 6.24. The van der Waals surface area contributed by atoms with Crippen LogP contribution in [-0.4, -0.2) is 31.1 Å². The van der Waals surface area contributed by atoms with Crippen molar-refractivity contribution in [1.82, 2.24) is 5.32 Å². The molecule has 82 valence electrons. The highest BCUT2D eigenvalue weighted by Gasteiger charge is 2.52. The van der Waals surface area contributed by atoms with Gasteiger partial charge in [-0.05, 0) is 33.2 Å². The lowest BCUT2D eigenvalue weighted by Gasteiger charge is -2.22. The lowest BCUT2D eigenvalue weighted by molar-refractivity contribution is -0.158. The first kappa shape index (κ1) is 10.4. The third-order valence-electron chi connectivity index (χ3n) is 3.48. The molecule has 3 nitrogen and oxygen atoms in total. The van der Waals surface area contributed by atoms with Gasteiger partial charge in [0.25, 0.3) is 0 Å². The second-order valence-electron chi connectivity index (χ2n) is 4.86. The quantitative estimate of drug-likeness (QED) is 0.731. The normalized spacial score (nSPS) is 45.4. The Morgan fingerprint density at radius 1 is 1.29 bits per heavy atom. The molecule has 0 aromatic carbocycles. The fourth-order valence-electron chi connectivity index (χ4n) is 2.77. The average Bonchev–Trinajstić information content (AvgIpc) is 2.57. The molecule has 1 heterocycles. The monoisotopic (exact) mass is 199 g/mol. The lowest BCUT2D eigenvalue weighted by Crippen LogP contribution is -2.37. The van der Waals surface area contributed by atoms with E-state index < -0.39 is 5.79 Å². The summed E-state index contributed by atoms with van der Waals surface area (Å²) in [6, 6.07) is 0.465. The molecule has 1 aliphatic heterocycles. The summed E-state index contributed by atoms with van der Waals surface area (Å²) in [6.07, 6.45) is 2.91. The smallest absolute Gasteiger partial charge is 0.163 e. The number of rotatable bonds is 2. The van der Waals surface area contributed by atoms with E-state index in [4.69, 9.17) is 9.47 Å². The number of ether oxygens (including phenoxy) is 2. The standard InChI is InChI=1S/C11H21NO2/c1-5-7-6-8(12-4)10-9(7)13-11(2,3)14-10/h7-10,12H,5-6H2,1-4H3. The summed E-state index contributed by atoms with van der Waals surface area (Å²) >= 11 is 0. The maximum absolute atomic E-state index is 5.95. The Labute approximate surface area is 86.2 Å². The van der Waals surface area contributed by atoms with E-state index in [-0.39, 0.29) is 6.10 Å². The molecule has 1 saturated heterocycles. The SMILES string of the molecule is CCC1CC(NC)C2OC(C)(C)OC12. The van der Waals surface area contributed by atoms with Crippen LogP contribution in [0.4, 0.5) is 0 Å². The fraction of sp³-hybridized carbons (Fsp3) is 1.00. The first-order chi connectivity index (χ1) is 6.57. The summed E-state index contributed by atoms with van der Waals surface area (Å²) in [7, 11) is 2.01. The summed E-state index contributed by atoms with van der Waals surface area (Å²) in [5.41, 5.74) is 0. The van der Waals surface area contributed by atoms with Gasteiger partial charge in [-0.1, -0.05) is 13.3 Å². The maximum atomic E-state index is 5.95. The fourth-order valence-corrected chi connectivity index (χ4v) is 2.77. The van der Waals surface area contributed by atoms with Crippen molar-refractivity contribution in [3.05, 3.63) is 0 Å². The van der Waals surface area contributed by atoms with Crippen molar-refractivity contribution in [3.8, 4) is 0 Å². The van der Waals surface area contributed by atoms with Gasteiger partial charge in [-0.2, -0.15) is 0 Å². The third kappa shape index (κ3) is 1.58. The van der Waals surface area contributed by atoms with Gasteiger partial charge in [0.2, 0.25) is 0 Å². The van der Waals surface area contributed by atoms with Crippen LogP contribution < -0.4 is 5.32 Å². The summed E-state index contributed by atoms with van der Waals surface area (Å²) in [5.74, 6) is 0.261. The first-order valence-corrected chi connectivity index (χ1v) is 5.60. The van der Waals surface area contributed by atoms with E-state index in [1.807, 2.05) is 20.9 Å². The van der Waals surface area contributed by atoms with E-state index in [1.165, 1.54) is 12.8 Å². The van der Waals surface area contributed by atoms with E-state index in [0.29, 0.717) is 18.1 Å². The van der Waals surface area contributed by atoms with Crippen LogP contribution in [0.1, 0.15) is 33.6 Å². The Morgan fingerprint density at radius 2 is 1.93 bits per heavy atom. The van der Waals surface area contributed by atoms with Crippen molar-refractivity contribution in [2.45, 2.75) is 57.6 Å². The number of likely N-dealkylation sites (N-methyl/N-ethyl adjacent to an activating group) is 1. The van der Waals surface area contributed by atoms with Gasteiger partial charge < -0.3 is 14.8 Å². The number of nitrogens with one attached hydrogen (secondary N) is 1. The molecule has 3 heteroatoms. The second kappa shape index (κ2) is 3.47. The van der Waals surface area contributed by atoms with Gasteiger partial charge in [-0.15, -0.1) is 0 Å². The van der Waals surface area contributed by atoms with Gasteiger partial charge in [0, 0.05) is 6.04 Å². The van der Waals surface area contributed by atoms with Crippen molar-refractivity contribution in [1.29, 1.82) is 0 Å². The molecule has 1 saturated carbocycles. The molecule has 0 amide bonds. The lowest BCUT2D eigenvalue weighted by atomic mass is 10.0. The molecule has 0 radical (unpaired) electrons. The molecule has 14 heavy (non-hydrogen) atoms. The largest absolute Gasteiger partial charge is 0.344 e. The highest BCUT2D eigenvalue weighted by molar-refractivity contribution is 5.00. The van der Waals surface area contributed by atoms with Gasteiger partial charge in [-0.3, -0.25) is 0 Å². The zero-order valence-corrected chi connectivity index (χ0v) is 9.54. The van der Waals surface area contributed by atoms with E-state index >= 15 is 0 Å². The predicted molar refractivity (Wildman–Crippen MR) is 55.1 cm³/mol. The van der Waals surface area contributed by atoms with Gasteiger partial charge >= 0.3 is 0 Å². The summed E-state index contributed by atoms with van der Waals surface area (Å²) in [4.78, 5) is 0. The molecule has 1 N–H and O–H groups in total. The predicted octanol–water partition coefficient (Wildman–Crippen LogP) is 1.52. The van der Waals surface area contributed by atoms with Crippen molar-refractivity contribution in [2.24, 2.45) is 5.92 Å². The number of fused-ring (bicyclic) bond motifs is 1. The zero-order chi connectivity index (χ0) is 10.3. The minimum absolute atomic E-state index is 0.250. The van der Waals surface area contributed by atoms with Crippen molar-refractivity contribution >= 4 is 0 Å². The third-order valence-corrected chi connectivity index (χ3v) is 3.48. The molecule has 0 bridgehead atoms. The van der Waals surface area contributed by atoms with E-state index in [0.717, 1.165) is 0 Å². The van der Waals surface area contributed by atoms with Gasteiger partial charge in [0.1, 0.15) is 6.10 Å². The molecule has 0 spiro atoms. The van der Waals surface area contributed by atoms with Gasteiger partial charge in [0.05, 0.1) is 6.10 Å². The van der Waals surface area contributed by atoms with Crippen molar-refractivity contribution in [3.63, 3.8) is 0 Å². The van der Waals surface area contributed by atoms with Crippen LogP contribution in [0.5, 0.6) is 0 Å². The maximum Gasteiger partial charge on any atom is 0.163 e. The molecular formula is C11H21NO2. The first-order valence-electron chi connectivity index (χ1n) is 5.60. The number of hydrogen-bond acceptors (Lipinski definition) is 3. The Kier molecular flexibility index (Phi) is 2.58. The van der Waals surface area contributed by atoms with Crippen LogP contribution in [0.2, 0.25) is 0 Å². The molecule has 2 aliphatic rings. The van der Waals surface area contributed by atoms with E-state index in [2.05, 4.69) is 12.2 Å². The minimum atomic E-state index is -0.391. The van der Waals surface area contributed by atoms with Crippen LogP contribution in [0.15, 0.2) is 0 Å². The number of hydrogen-bond donors (Lipinski definition) is 1. The Hall–Kier alpha value is -0.120. The summed E-state index contributed by atoms with van der Waals surface area (Å²) in [5, 5.41) is 3.33. The van der Waals surface area contributed by atoms with E-state index in [9.17, 15) is 0 Å². The minimum Gasteiger partial charge on any atom is -0.344 e. The van der Waals surface area contributed by atoms with Crippen LogP contribution in [0.3, 0.4) is 0 Å². The highest BCUT2D eigenvalue weighted by atomic mass is 16.8. The molecule has 2 rings (SSSR count). The van der Waals surface area contributed by atoms with Gasteiger partial charge in [-0.25, -0.2) is 0 Å². The van der Waals surface area contributed by atoms with Crippen LogP contribution >= 0.6 is 0 Å². The molecule has 4 atom stereocenters. The molecule has 0 aromatic heterocycles. The second-order valence-corrected chi connectivity index (χ2v) is 4.86. The molecule has 2 fully saturated rings.